The maximum Gasteiger partial charge on any atom is 0.224 e. The number of rotatable bonds is 7. The van der Waals surface area contributed by atoms with Crippen molar-refractivity contribution in [2.75, 3.05) is 13.1 Å². The summed E-state index contributed by atoms with van der Waals surface area (Å²) in [5.41, 5.74) is 1.14. The quantitative estimate of drug-likeness (QED) is 0.813. The second kappa shape index (κ2) is 7.13. The molecule has 5 nitrogen and oxygen atoms in total. The van der Waals surface area contributed by atoms with Crippen LogP contribution in [0.15, 0.2) is 34.4 Å². The Morgan fingerprint density at radius 1 is 1.08 bits per heavy atom. The Bertz CT molecular complexity index is 839. The number of benzene rings is 1. The number of unbranched alkanes of at least 4 members (excludes halogenated alkanes) is 2. The van der Waals surface area contributed by atoms with E-state index in [4.69, 9.17) is 4.42 Å². The minimum absolute atomic E-state index is 0.0428. The lowest BCUT2D eigenvalue weighted by Gasteiger charge is -2.27. The van der Waals surface area contributed by atoms with Crippen LogP contribution in [0.5, 0.6) is 5.75 Å². The Morgan fingerprint density at radius 3 is 2.40 bits per heavy atom. The molecule has 1 aliphatic rings. The normalized spacial score (nSPS) is 13.9. The van der Waals surface area contributed by atoms with Gasteiger partial charge in [-0.15, -0.1) is 0 Å². The fraction of sp³-hybridized carbons (Fsp3) is 0.400. The number of nitrogens with zero attached hydrogens (tertiary/aromatic N) is 1. The number of fused-ring (bicyclic) bond motifs is 3. The lowest BCUT2D eigenvalue weighted by atomic mass is 9.95. The van der Waals surface area contributed by atoms with Crippen molar-refractivity contribution in [3.8, 4) is 5.75 Å². The van der Waals surface area contributed by atoms with Gasteiger partial charge in [0.15, 0.2) is 5.76 Å². The van der Waals surface area contributed by atoms with Gasteiger partial charge in [-0.05, 0) is 31.0 Å². The van der Waals surface area contributed by atoms with E-state index in [-0.39, 0.29) is 28.6 Å². The smallest absolute Gasteiger partial charge is 0.224 e. The molecule has 1 aromatic heterocycles. The number of carbonyl (C=O) groups excluding carboxylic acids is 2. The molecule has 0 amide bonds. The van der Waals surface area contributed by atoms with Crippen molar-refractivity contribution in [3.05, 3.63) is 41.3 Å². The molecule has 132 valence electrons. The van der Waals surface area contributed by atoms with E-state index in [1.165, 1.54) is 18.2 Å². The van der Waals surface area contributed by atoms with Crippen LogP contribution >= 0.6 is 0 Å². The van der Waals surface area contributed by atoms with Gasteiger partial charge in [-0.3, -0.25) is 9.59 Å². The van der Waals surface area contributed by atoms with Crippen LogP contribution in [0.4, 0.5) is 0 Å². The molecule has 1 aromatic carbocycles. The van der Waals surface area contributed by atoms with Crippen LogP contribution in [0, 0.1) is 0 Å². The molecule has 0 unspecified atom stereocenters. The summed E-state index contributed by atoms with van der Waals surface area (Å²) in [4.78, 5) is 27.7. The Hall–Kier alpha value is -2.56. The van der Waals surface area contributed by atoms with Crippen molar-refractivity contribution in [2.45, 2.75) is 39.5 Å². The highest BCUT2D eigenvalue weighted by Crippen LogP contribution is 2.34. The molecule has 0 aliphatic heterocycles. The van der Waals surface area contributed by atoms with Gasteiger partial charge < -0.3 is 14.4 Å². The number of ketones is 2. The molecule has 0 radical (unpaired) electrons. The van der Waals surface area contributed by atoms with Crippen molar-refractivity contribution in [3.63, 3.8) is 0 Å². The van der Waals surface area contributed by atoms with E-state index in [9.17, 15) is 14.7 Å². The van der Waals surface area contributed by atoms with Crippen molar-refractivity contribution in [1.29, 1.82) is 0 Å². The number of hydrogen-bond acceptors (Lipinski definition) is 5. The van der Waals surface area contributed by atoms with Crippen LogP contribution in [0.2, 0.25) is 0 Å². The molecule has 0 saturated carbocycles. The van der Waals surface area contributed by atoms with Gasteiger partial charge in [-0.1, -0.05) is 26.7 Å². The van der Waals surface area contributed by atoms with Crippen LogP contribution in [-0.2, 0) is 0 Å². The third-order valence-corrected chi connectivity index (χ3v) is 4.53. The second-order valence-corrected chi connectivity index (χ2v) is 6.40. The number of phenols is 1. The summed E-state index contributed by atoms with van der Waals surface area (Å²) < 4.78 is 5.57. The number of Topliss-reactive ketones (excluding diaryl/α,β-unsaturated/α-hetero) is 1. The molecule has 1 heterocycles. The molecule has 1 aliphatic carbocycles. The Balaban J connectivity index is 2.03. The van der Waals surface area contributed by atoms with Crippen LogP contribution < -0.4 is 0 Å². The Labute approximate surface area is 146 Å². The third-order valence-electron chi connectivity index (χ3n) is 4.53. The average molecular weight is 341 g/mol. The predicted molar refractivity (Wildman–Crippen MR) is 96.0 cm³/mol. The topological polar surface area (TPSA) is 70.8 Å². The molecule has 5 heteroatoms. The van der Waals surface area contributed by atoms with E-state index in [0.29, 0.717) is 16.7 Å². The lowest BCUT2D eigenvalue weighted by molar-refractivity contribution is 0.0937. The number of allylic oxidation sites excluding steroid dienone is 2. The molecule has 25 heavy (non-hydrogen) atoms. The fourth-order valence-corrected chi connectivity index (χ4v) is 3.15. The molecule has 0 saturated heterocycles. The molecule has 1 N–H and O–H groups in total. The van der Waals surface area contributed by atoms with E-state index < -0.39 is 0 Å². The highest BCUT2D eigenvalue weighted by atomic mass is 16.3. The molecule has 0 atom stereocenters. The van der Waals surface area contributed by atoms with Gasteiger partial charge in [0.1, 0.15) is 11.3 Å². The SMILES string of the molecule is CCCCN(CCCC)C1=CC(=O)c2oc3ccc(O)cc3c2C1=O. The van der Waals surface area contributed by atoms with Gasteiger partial charge in [-0.25, -0.2) is 0 Å². The number of carbonyl (C=O) groups is 2. The van der Waals surface area contributed by atoms with Gasteiger partial charge in [0.25, 0.3) is 0 Å². The molecular formula is C20H23NO4. The van der Waals surface area contributed by atoms with Crippen LogP contribution in [0.25, 0.3) is 11.0 Å². The van der Waals surface area contributed by atoms with E-state index in [2.05, 4.69) is 13.8 Å². The van der Waals surface area contributed by atoms with Gasteiger partial charge in [-0.2, -0.15) is 0 Å². The maximum absolute atomic E-state index is 13.1. The van der Waals surface area contributed by atoms with E-state index in [1.807, 2.05) is 4.90 Å². The van der Waals surface area contributed by atoms with Crippen molar-refractivity contribution < 1.29 is 19.1 Å². The number of phenolic OH excluding ortho intramolecular Hbond substituents is 1. The van der Waals surface area contributed by atoms with Gasteiger partial charge >= 0.3 is 0 Å². The number of aromatic hydroxyl groups is 1. The zero-order valence-electron chi connectivity index (χ0n) is 14.7. The molecular weight excluding hydrogens is 318 g/mol. The number of furan rings is 1. The van der Waals surface area contributed by atoms with Crippen LogP contribution in [0.3, 0.4) is 0 Å². The largest absolute Gasteiger partial charge is 0.508 e. The standard InChI is InChI=1S/C20H23NO4/c1-3-5-9-21(10-6-4-2)15-12-16(23)20-18(19(15)24)14-11-13(22)7-8-17(14)25-20/h7-8,11-12,22H,3-6,9-10H2,1-2H3. The van der Waals surface area contributed by atoms with Gasteiger partial charge in [0.2, 0.25) is 11.6 Å². The Kier molecular flexibility index (Phi) is 4.93. The zero-order chi connectivity index (χ0) is 18.0. The predicted octanol–water partition coefficient (Wildman–Crippen LogP) is 4.30. The summed E-state index contributed by atoms with van der Waals surface area (Å²) in [6.07, 6.45) is 5.36. The Morgan fingerprint density at radius 2 is 1.76 bits per heavy atom. The minimum atomic E-state index is -0.293. The lowest BCUT2D eigenvalue weighted by Crippen LogP contribution is -2.32. The summed E-state index contributed by atoms with van der Waals surface area (Å²) in [5.74, 6) is -0.383. The number of hydrogen-bond donors (Lipinski definition) is 1. The van der Waals surface area contributed by atoms with Crippen molar-refractivity contribution in [2.24, 2.45) is 0 Å². The van der Waals surface area contributed by atoms with E-state index >= 15 is 0 Å². The summed E-state index contributed by atoms with van der Waals surface area (Å²) in [5, 5.41) is 10.2. The monoisotopic (exact) mass is 341 g/mol. The molecule has 3 rings (SSSR count). The van der Waals surface area contributed by atoms with E-state index in [0.717, 1.165) is 38.8 Å². The second-order valence-electron chi connectivity index (χ2n) is 6.40. The van der Waals surface area contributed by atoms with Crippen molar-refractivity contribution >= 4 is 22.5 Å². The zero-order valence-corrected chi connectivity index (χ0v) is 14.7. The summed E-state index contributed by atoms with van der Waals surface area (Å²) in [6, 6.07) is 4.54. The van der Waals surface area contributed by atoms with Crippen LogP contribution in [-0.4, -0.2) is 34.7 Å². The first-order valence-corrected chi connectivity index (χ1v) is 8.88. The first-order valence-electron chi connectivity index (χ1n) is 8.88. The van der Waals surface area contributed by atoms with E-state index in [1.54, 1.807) is 6.07 Å². The highest BCUT2D eigenvalue weighted by Gasteiger charge is 2.34. The average Bonchev–Trinajstić information content (AvgIpc) is 2.98. The fourth-order valence-electron chi connectivity index (χ4n) is 3.15. The summed E-state index contributed by atoms with van der Waals surface area (Å²) in [6.45, 7) is 5.70. The third kappa shape index (κ3) is 3.18. The van der Waals surface area contributed by atoms with Crippen LogP contribution in [0.1, 0.15) is 60.4 Å². The highest BCUT2D eigenvalue weighted by molar-refractivity contribution is 6.28. The maximum atomic E-state index is 13.1. The molecule has 0 bridgehead atoms. The molecule has 2 aromatic rings. The van der Waals surface area contributed by atoms with Crippen molar-refractivity contribution in [1.82, 2.24) is 4.90 Å². The molecule has 0 fully saturated rings. The molecule has 0 spiro atoms. The van der Waals surface area contributed by atoms with Gasteiger partial charge in [0.05, 0.1) is 11.3 Å². The summed E-state index contributed by atoms with van der Waals surface area (Å²) in [7, 11) is 0. The minimum Gasteiger partial charge on any atom is -0.508 e. The first kappa shape index (κ1) is 17.3. The van der Waals surface area contributed by atoms with Gasteiger partial charge in [0, 0.05) is 24.6 Å². The summed E-state index contributed by atoms with van der Waals surface area (Å²) >= 11 is 0. The first-order chi connectivity index (χ1) is 12.1.